The van der Waals surface area contributed by atoms with Gasteiger partial charge in [0, 0.05) is 12.1 Å². The van der Waals surface area contributed by atoms with Crippen molar-refractivity contribution in [2.24, 2.45) is 0 Å². The highest BCUT2D eigenvalue weighted by molar-refractivity contribution is 7.92. The molecule has 6 heteroatoms. The third-order valence-electron chi connectivity index (χ3n) is 4.43. The van der Waals surface area contributed by atoms with Gasteiger partial charge in [-0.05, 0) is 48.0 Å². The summed E-state index contributed by atoms with van der Waals surface area (Å²) in [6, 6.07) is 25.0. The van der Waals surface area contributed by atoms with Crippen LogP contribution in [0.2, 0.25) is 0 Å². The molecule has 1 N–H and O–H groups in total. The quantitative estimate of drug-likeness (QED) is 0.569. The number of sulfonamides is 1. The van der Waals surface area contributed by atoms with Gasteiger partial charge in [-0.25, -0.2) is 8.42 Å². The standard InChI is InChI=1S/C23H22NO4S/c1-2-23(25)22(17-28-20-12-5-3-6-13-20)18-10-9-11-19(16-18)24-29(26,27)21-14-7-4-8-15-21/h3-5,7-16,22,24H,2,17H2,1H3. The molecule has 1 atom stereocenters. The molecule has 0 spiro atoms. The Labute approximate surface area is 171 Å². The fourth-order valence-corrected chi connectivity index (χ4v) is 3.97. The van der Waals surface area contributed by atoms with E-state index in [1.165, 1.54) is 12.1 Å². The van der Waals surface area contributed by atoms with Gasteiger partial charge in [0.1, 0.15) is 18.1 Å². The first-order valence-corrected chi connectivity index (χ1v) is 10.8. The van der Waals surface area contributed by atoms with E-state index in [4.69, 9.17) is 4.74 Å². The van der Waals surface area contributed by atoms with Crippen molar-refractivity contribution >= 4 is 21.5 Å². The summed E-state index contributed by atoms with van der Waals surface area (Å²) in [5.74, 6) is 0.150. The first kappa shape index (κ1) is 20.6. The summed E-state index contributed by atoms with van der Waals surface area (Å²) in [4.78, 5) is 12.7. The van der Waals surface area contributed by atoms with Gasteiger partial charge in [0.25, 0.3) is 10.0 Å². The zero-order chi connectivity index (χ0) is 20.7. The van der Waals surface area contributed by atoms with E-state index in [-0.39, 0.29) is 17.3 Å². The van der Waals surface area contributed by atoms with Crippen LogP contribution in [0, 0.1) is 6.07 Å². The highest BCUT2D eigenvalue weighted by Crippen LogP contribution is 2.25. The number of anilines is 1. The molecule has 3 aromatic rings. The Morgan fingerprint density at radius 3 is 2.55 bits per heavy atom. The monoisotopic (exact) mass is 408 g/mol. The van der Waals surface area contributed by atoms with E-state index < -0.39 is 15.9 Å². The number of nitrogens with one attached hydrogen (secondary N) is 1. The van der Waals surface area contributed by atoms with Crippen LogP contribution in [0.25, 0.3) is 0 Å². The molecule has 1 unspecified atom stereocenters. The molecule has 0 saturated heterocycles. The lowest BCUT2D eigenvalue weighted by molar-refractivity contribution is -0.120. The van der Waals surface area contributed by atoms with E-state index in [0.29, 0.717) is 23.4 Å². The Morgan fingerprint density at radius 1 is 1.07 bits per heavy atom. The molecule has 0 aliphatic rings. The summed E-state index contributed by atoms with van der Waals surface area (Å²) in [5.41, 5.74) is 1.10. The highest BCUT2D eigenvalue weighted by Gasteiger charge is 2.21. The first-order valence-electron chi connectivity index (χ1n) is 9.29. The Hall–Kier alpha value is -3.12. The van der Waals surface area contributed by atoms with Crippen molar-refractivity contribution < 1.29 is 17.9 Å². The molecule has 1 radical (unpaired) electrons. The van der Waals surface area contributed by atoms with Gasteiger partial charge >= 0.3 is 0 Å². The molecule has 0 saturated carbocycles. The topological polar surface area (TPSA) is 72.5 Å². The summed E-state index contributed by atoms with van der Waals surface area (Å²) in [6.45, 7) is 1.97. The lowest BCUT2D eigenvalue weighted by atomic mass is 9.94. The maximum absolute atomic E-state index is 12.6. The number of carbonyl (C=O) groups is 1. The predicted molar refractivity (Wildman–Crippen MR) is 113 cm³/mol. The molecular weight excluding hydrogens is 386 g/mol. The van der Waals surface area contributed by atoms with Gasteiger partial charge in [0.15, 0.2) is 0 Å². The van der Waals surface area contributed by atoms with Gasteiger partial charge in [0.05, 0.1) is 10.8 Å². The number of Topliss-reactive ketones (excluding diaryl/α,β-unsaturated/α-hetero) is 1. The van der Waals surface area contributed by atoms with Crippen molar-refractivity contribution in [2.75, 3.05) is 11.3 Å². The van der Waals surface area contributed by atoms with Crippen LogP contribution in [-0.2, 0) is 14.8 Å². The van der Waals surface area contributed by atoms with Crippen molar-refractivity contribution in [2.45, 2.75) is 24.2 Å². The number of benzene rings is 3. The summed E-state index contributed by atoms with van der Waals surface area (Å²) >= 11 is 0. The first-order chi connectivity index (χ1) is 14.0. The molecular formula is C23H22NO4S. The molecule has 0 bridgehead atoms. The lowest BCUT2D eigenvalue weighted by Gasteiger charge is -2.18. The van der Waals surface area contributed by atoms with Crippen LogP contribution >= 0.6 is 0 Å². The molecule has 0 aromatic heterocycles. The van der Waals surface area contributed by atoms with Crippen LogP contribution < -0.4 is 9.46 Å². The molecule has 0 heterocycles. The normalized spacial score (nSPS) is 12.2. The summed E-state index contributed by atoms with van der Waals surface area (Å²) in [5, 5.41) is 0. The molecule has 0 aliphatic heterocycles. The predicted octanol–water partition coefficient (Wildman–Crippen LogP) is 4.43. The van der Waals surface area contributed by atoms with Gasteiger partial charge in [-0.2, -0.15) is 0 Å². The second-order valence-corrected chi connectivity index (χ2v) is 8.15. The van der Waals surface area contributed by atoms with E-state index in [2.05, 4.69) is 10.8 Å². The Morgan fingerprint density at radius 2 is 1.86 bits per heavy atom. The minimum Gasteiger partial charge on any atom is -0.492 e. The zero-order valence-electron chi connectivity index (χ0n) is 16.0. The average molecular weight is 408 g/mol. The van der Waals surface area contributed by atoms with Crippen LogP contribution in [0.1, 0.15) is 24.8 Å². The van der Waals surface area contributed by atoms with Crippen LogP contribution in [0.15, 0.2) is 83.8 Å². The van der Waals surface area contributed by atoms with Crippen LogP contribution in [-0.4, -0.2) is 20.8 Å². The molecule has 0 fully saturated rings. The Bertz CT molecular complexity index is 1050. The van der Waals surface area contributed by atoms with Crippen molar-refractivity contribution in [3.05, 3.63) is 90.5 Å². The SMILES string of the molecule is CCC(=O)C(COc1c[c]ccc1)c1cccc(NS(=O)(=O)c2ccccc2)c1. The van der Waals surface area contributed by atoms with E-state index in [9.17, 15) is 13.2 Å². The van der Waals surface area contributed by atoms with Crippen molar-refractivity contribution in [3.8, 4) is 5.75 Å². The fraction of sp³-hybridized carbons (Fsp3) is 0.174. The number of ketones is 1. The molecule has 5 nitrogen and oxygen atoms in total. The maximum Gasteiger partial charge on any atom is 0.261 e. The summed E-state index contributed by atoms with van der Waals surface area (Å²) < 4.78 is 33.5. The van der Waals surface area contributed by atoms with E-state index >= 15 is 0 Å². The number of hydrogen-bond donors (Lipinski definition) is 1. The van der Waals surface area contributed by atoms with E-state index in [1.54, 1.807) is 67.6 Å². The van der Waals surface area contributed by atoms with Gasteiger partial charge in [-0.1, -0.05) is 49.4 Å². The van der Waals surface area contributed by atoms with Crippen molar-refractivity contribution in [1.29, 1.82) is 0 Å². The van der Waals surface area contributed by atoms with Gasteiger partial charge in [-0.3, -0.25) is 9.52 Å². The summed E-state index contributed by atoms with van der Waals surface area (Å²) in [6.07, 6.45) is 0.356. The van der Waals surface area contributed by atoms with Gasteiger partial charge in [-0.15, -0.1) is 0 Å². The Balaban J connectivity index is 1.81. The molecule has 0 aliphatic carbocycles. The maximum atomic E-state index is 12.6. The summed E-state index contributed by atoms with van der Waals surface area (Å²) in [7, 11) is -3.71. The lowest BCUT2D eigenvalue weighted by Crippen LogP contribution is -2.20. The highest BCUT2D eigenvalue weighted by atomic mass is 32.2. The largest absolute Gasteiger partial charge is 0.492 e. The van der Waals surface area contributed by atoms with E-state index in [1.807, 2.05) is 6.07 Å². The molecule has 29 heavy (non-hydrogen) atoms. The number of ether oxygens (including phenoxy) is 1. The number of hydrogen-bond acceptors (Lipinski definition) is 4. The molecule has 3 rings (SSSR count). The van der Waals surface area contributed by atoms with E-state index in [0.717, 1.165) is 0 Å². The minimum atomic E-state index is -3.71. The molecule has 3 aromatic carbocycles. The second kappa shape index (κ2) is 9.39. The average Bonchev–Trinajstić information content (AvgIpc) is 2.75. The zero-order valence-corrected chi connectivity index (χ0v) is 16.9. The van der Waals surface area contributed by atoms with Crippen LogP contribution in [0.3, 0.4) is 0 Å². The minimum absolute atomic E-state index is 0.0213. The van der Waals surface area contributed by atoms with Crippen LogP contribution in [0.5, 0.6) is 5.75 Å². The van der Waals surface area contributed by atoms with Crippen molar-refractivity contribution in [3.63, 3.8) is 0 Å². The number of rotatable bonds is 9. The van der Waals surface area contributed by atoms with Crippen LogP contribution in [0.4, 0.5) is 5.69 Å². The Kier molecular flexibility index (Phi) is 6.67. The molecule has 149 valence electrons. The molecule has 0 amide bonds. The smallest absolute Gasteiger partial charge is 0.261 e. The van der Waals surface area contributed by atoms with Gasteiger partial charge in [0.2, 0.25) is 0 Å². The third kappa shape index (κ3) is 5.45. The van der Waals surface area contributed by atoms with Crippen molar-refractivity contribution in [1.82, 2.24) is 0 Å². The number of carbonyl (C=O) groups excluding carboxylic acids is 1. The fourth-order valence-electron chi connectivity index (χ4n) is 2.90. The second-order valence-electron chi connectivity index (χ2n) is 6.47. The van der Waals surface area contributed by atoms with Gasteiger partial charge < -0.3 is 4.74 Å². The third-order valence-corrected chi connectivity index (χ3v) is 5.82.